The Hall–Kier alpha value is -2.93. The second kappa shape index (κ2) is 7.31. The molecule has 0 spiro atoms. The van der Waals surface area contributed by atoms with E-state index >= 15 is 0 Å². The molecule has 1 aliphatic rings. The van der Waals surface area contributed by atoms with E-state index in [9.17, 15) is 14.9 Å². The fourth-order valence-corrected chi connectivity index (χ4v) is 2.80. The quantitative estimate of drug-likeness (QED) is 0.682. The van der Waals surface area contributed by atoms with Gasteiger partial charge in [0.25, 0.3) is 11.6 Å². The van der Waals surface area contributed by atoms with Gasteiger partial charge < -0.3 is 15.0 Å². The Balaban J connectivity index is 1.84. The highest BCUT2D eigenvalue weighted by Gasteiger charge is 2.18. The smallest absolute Gasteiger partial charge is 0.273 e. The van der Waals surface area contributed by atoms with Crippen LogP contribution in [0.15, 0.2) is 42.5 Å². The number of nitro groups is 1. The summed E-state index contributed by atoms with van der Waals surface area (Å²) in [6.45, 7) is 4.44. The van der Waals surface area contributed by atoms with Gasteiger partial charge >= 0.3 is 0 Å². The fraction of sp³-hybridized carbons (Fsp3) is 0.278. The minimum absolute atomic E-state index is 0.0610. The molecular formula is C18H19N3O4. The van der Waals surface area contributed by atoms with Crippen molar-refractivity contribution in [2.75, 3.05) is 36.5 Å². The summed E-state index contributed by atoms with van der Waals surface area (Å²) >= 11 is 0. The third-order valence-electron chi connectivity index (χ3n) is 4.17. The molecule has 7 heteroatoms. The molecule has 0 radical (unpaired) electrons. The molecule has 7 nitrogen and oxygen atoms in total. The molecule has 25 heavy (non-hydrogen) atoms. The summed E-state index contributed by atoms with van der Waals surface area (Å²) in [6, 6.07) is 12.0. The maximum atomic E-state index is 12.6. The van der Waals surface area contributed by atoms with E-state index in [1.54, 1.807) is 19.1 Å². The van der Waals surface area contributed by atoms with Gasteiger partial charge in [-0.25, -0.2) is 0 Å². The van der Waals surface area contributed by atoms with Gasteiger partial charge in [-0.1, -0.05) is 18.2 Å². The van der Waals surface area contributed by atoms with E-state index in [2.05, 4.69) is 10.2 Å². The largest absolute Gasteiger partial charge is 0.378 e. The highest BCUT2D eigenvalue weighted by Crippen LogP contribution is 2.27. The molecule has 1 N–H and O–H groups in total. The summed E-state index contributed by atoms with van der Waals surface area (Å²) in [5.41, 5.74) is 2.32. The summed E-state index contributed by atoms with van der Waals surface area (Å²) in [5.74, 6) is -0.371. The van der Waals surface area contributed by atoms with Crippen LogP contribution in [0.4, 0.5) is 17.1 Å². The van der Waals surface area contributed by atoms with Gasteiger partial charge in [0.15, 0.2) is 0 Å². The fourth-order valence-electron chi connectivity index (χ4n) is 2.80. The van der Waals surface area contributed by atoms with Crippen molar-refractivity contribution in [2.45, 2.75) is 6.92 Å². The van der Waals surface area contributed by atoms with Crippen LogP contribution in [-0.4, -0.2) is 37.1 Å². The van der Waals surface area contributed by atoms with Crippen LogP contribution < -0.4 is 10.2 Å². The minimum Gasteiger partial charge on any atom is -0.378 e. The molecule has 1 heterocycles. The zero-order valence-corrected chi connectivity index (χ0v) is 13.9. The zero-order chi connectivity index (χ0) is 17.8. The molecule has 0 bridgehead atoms. The average Bonchev–Trinajstić information content (AvgIpc) is 2.63. The van der Waals surface area contributed by atoms with E-state index in [0.717, 1.165) is 18.8 Å². The van der Waals surface area contributed by atoms with Gasteiger partial charge in [0.1, 0.15) is 0 Å². The molecule has 1 saturated heterocycles. The highest BCUT2D eigenvalue weighted by atomic mass is 16.6. The van der Waals surface area contributed by atoms with Gasteiger partial charge in [0, 0.05) is 30.3 Å². The molecule has 0 unspecified atom stereocenters. The van der Waals surface area contributed by atoms with E-state index in [4.69, 9.17) is 4.74 Å². The number of carbonyl (C=O) groups is 1. The summed E-state index contributed by atoms with van der Waals surface area (Å²) in [4.78, 5) is 25.3. The Bertz CT molecular complexity index is 801. The number of hydrogen-bond acceptors (Lipinski definition) is 5. The topological polar surface area (TPSA) is 84.7 Å². The number of amides is 1. The number of carbonyl (C=O) groups excluding carboxylic acids is 1. The van der Waals surface area contributed by atoms with Crippen molar-refractivity contribution in [1.82, 2.24) is 0 Å². The van der Waals surface area contributed by atoms with E-state index in [0.29, 0.717) is 24.5 Å². The first kappa shape index (κ1) is 16.9. The van der Waals surface area contributed by atoms with Gasteiger partial charge in [0.2, 0.25) is 0 Å². The van der Waals surface area contributed by atoms with E-state index in [-0.39, 0.29) is 17.2 Å². The van der Waals surface area contributed by atoms with Gasteiger partial charge in [-0.3, -0.25) is 14.9 Å². The zero-order valence-electron chi connectivity index (χ0n) is 13.9. The lowest BCUT2D eigenvalue weighted by atomic mass is 10.1. The summed E-state index contributed by atoms with van der Waals surface area (Å²) in [7, 11) is 0. The van der Waals surface area contributed by atoms with Crippen molar-refractivity contribution >= 4 is 23.0 Å². The van der Waals surface area contributed by atoms with Crippen molar-refractivity contribution in [3.8, 4) is 0 Å². The Labute approximate surface area is 145 Å². The first-order chi connectivity index (χ1) is 12.1. The van der Waals surface area contributed by atoms with E-state index in [1.807, 2.05) is 24.3 Å². The lowest BCUT2D eigenvalue weighted by Crippen LogP contribution is -2.36. The van der Waals surface area contributed by atoms with Crippen molar-refractivity contribution < 1.29 is 14.5 Å². The average molecular weight is 341 g/mol. The number of nitrogens with one attached hydrogen (secondary N) is 1. The number of nitro benzene ring substituents is 1. The van der Waals surface area contributed by atoms with Gasteiger partial charge in [-0.15, -0.1) is 0 Å². The van der Waals surface area contributed by atoms with Crippen LogP contribution in [0, 0.1) is 17.0 Å². The number of benzene rings is 2. The van der Waals surface area contributed by atoms with Crippen molar-refractivity contribution in [2.24, 2.45) is 0 Å². The monoisotopic (exact) mass is 341 g/mol. The lowest BCUT2D eigenvalue weighted by Gasteiger charge is -2.30. The predicted molar refractivity (Wildman–Crippen MR) is 95.3 cm³/mol. The molecule has 0 aliphatic carbocycles. The second-order valence-electron chi connectivity index (χ2n) is 5.83. The maximum Gasteiger partial charge on any atom is 0.273 e. The molecule has 130 valence electrons. The molecular weight excluding hydrogens is 322 g/mol. The first-order valence-corrected chi connectivity index (χ1v) is 8.04. The minimum atomic E-state index is -0.478. The Morgan fingerprint density at radius 2 is 1.92 bits per heavy atom. The highest BCUT2D eigenvalue weighted by molar-refractivity contribution is 6.06. The summed E-state index contributed by atoms with van der Waals surface area (Å²) in [6.07, 6.45) is 0. The Morgan fingerprint density at radius 1 is 1.20 bits per heavy atom. The maximum absolute atomic E-state index is 12.6. The Kier molecular flexibility index (Phi) is 4.95. The molecule has 1 aliphatic heterocycles. The standard InChI is InChI=1S/C18H19N3O4/c1-13-6-7-14(12-17(13)21(23)24)18(22)19-15-4-2-3-5-16(15)20-8-10-25-11-9-20/h2-7,12H,8-11H2,1H3,(H,19,22). The molecule has 3 rings (SSSR count). The van der Waals surface area contributed by atoms with Crippen molar-refractivity contribution in [3.63, 3.8) is 0 Å². The number of morpholine rings is 1. The van der Waals surface area contributed by atoms with Gasteiger partial charge in [-0.2, -0.15) is 0 Å². The van der Waals surface area contributed by atoms with Crippen molar-refractivity contribution in [1.29, 1.82) is 0 Å². The van der Waals surface area contributed by atoms with Gasteiger partial charge in [-0.05, 0) is 25.1 Å². The molecule has 2 aromatic carbocycles. The van der Waals surface area contributed by atoms with Gasteiger partial charge in [0.05, 0.1) is 29.5 Å². The van der Waals surface area contributed by atoms with Crippen LogP contribution in [0.5, 0.6) is 0 Å². The second-order valence-corrected chi connectivity index (χ2v) is 5.83. The van der Waals surface area contributed by atoms with Crippen LogP contribution in [-0.2, 0) is 4.74 Å². The SMILES string of the molecule is Cc1ccc(C(=O)Nc2ccccc2N2CCOCC2)cc1[N+](=O)[O-]. The van der Waals surface area contributed by atoms with Crippen molar-refractivity contribution in [3.05, 3.63) is 63.7 Å². The number of aryl methyl sites for hydroxylation is 1. The third-order valence-corrected chi connectivity index (χ3v) is 4.17. The van der Waals surface area contributed by atoms with Crippen LogP contribution in [0.3, 0.4) is 0 Å². The molecule has 1 amide bonds. The Morgan fingerprint density at radius 3 is 2.64 bits per heavy atom. The summed E-state index contributed by atoms with van der Waals surface area (Å²) in [5, 5.41) is 13.9. The lowest BCUT2D eigenvalue weighted by molar-refractivity contribution is -0.385. The predicted octanol–water partition coefficient (Wildman–Crippen LogP) is 2.99. The molecule has 0 aromatic heterocycles. The number of rotatable bonds is 4. The summed E-state index contributed by atoms with van der Waals surface area (Å²) < 4.78 is 5.37. The normalized spacial score (nSPS) is 14.2. The first-order valence-electron chi connectivity index (χ1n) is 8.04. The molecule has 0 atom stereocenters. The number of hydrogen-bond donors (Lipinski definition) is 1. The van der Waals surface area contributed by atoms with Crippen LogP contribution in [0.2, 0.25) is 0 Å². The van der Waals surface area contributed by atoms with Crippen LogP contribution in [0.1, 0.15) is 15.9 Å². The number of anilines is 2. The van der Waals surface area contributed by atoms with E-state index < -0.39 is 4.92 Å². The number of para-hydroxylation sites is 2. The van der Waals surface area contributed by atoms with Crippen LogP contribution >= 0.6 is 0 Å². The molecule has 0 saturated carbocycles. The molecule has 2 aromatic rings. The van der Waals surface area contributed by atoms with Crippen LogP contribution in [0.25, 0.3) is 0 Å². The number of nitrogens with zero attached hydrogens (tertiary/aromatic N) is 2. The number of ether oxygens (including phenoxy) is 1. The molecule has 1 fully saturated rings. The third kappa shape index (κ3) is 3.77. The van der Waals surface area contributed by atoms with E-state index in [1.165, 1.54) is 6.07 Å².